The van der Waals surface area contributed by atoms with E-state index in [9.17, 15) is 9.59 Å². The van der Waals surface area contributed by atoms with Crippen molar-refractivity contribution in [2.24, 2.45) is 0 Å². The number of hydrogen-bond donors (Lipinski definition) is 1. The van der Waals surface area contributed by atoms with E-state index in [-0.39, 0.29) is 17.9 Å². The van der Waals surface area contributed by atoms with Crippen LogP contribution in [0, 0.1) is 6.92 Å². The number of amides is 1. The average molecular weight is 457 g/mol. The van der Waals surface area contributed by atoms with Crippen molar-refractivity contribution in [3.63, 3.8) is 0 Å². The van der Waals surface area contributed by atoms with Gasteiger partial charge in [-0.3, -0.25) is 14.2 Å². The highest BCUT2D eigenvalue weighted by atomic mass is 79.9. The Kier molecular flexibility index (Phi) is 7.04. The molecule has 152 valence electrons. The number of likely N-dealkylation sites (N-methyl/N-ethyl adjacent to an activating group) is 1. The van der Waals surface area contributed by atoms with E-state index in [1.807, 2.05) is 18.2 Å². The molecule has 1 N–H and O–H groups in total. The highest BCUT2D eigenvalue weighted by Crippen LogP contribution is 2.18. The minimum Gasteiger partial charge on any atom is -0.370 e. The maximum absolute atomic E-state index is 12.6. The number of anilines is 1. The molecule has 29 heavy (non-hydrogen) atoms. The number of carbonyl (C=O) groups is 1. The van der Waals surface area contributed by atoms with E-state index in [0.29, 0.717) is 24.0 Å². The van der Waals surface area contributed by atoms with Crippen LogP contribution in [-0.2, 0) is 11.3 Å². The quantitative estimate of drug-likeness (QED) is 0.563. The van der Waals surface area contributed by atoms with Gasteiger partial charge >= 0.3 is 0 Å². The molecule has 0 saturated carbocycles. The lowest BCUT2D eigenvalue weighted by molar-refractivity contribution is -0.121. The molecule has 1 amide bonds. The van der Waals surface area contributed by atoms with Gasteiger partial charge in [0, 0.05) is 42.8 Å². The van der Waals surface area contributed by atoms with Crippen molar-refractivity contribution in [3.8, 4) is 0 Å². The van der Waals surface area contributed by atoms with Gasteiger partial charge < -0.3 is 10.2 Å². The molecule has 1 aromatic heterocycles. The van der Waals surface area contributed by atoms with Crippen LogP contribution < -0.4 is 15.8 Å². The van der Waals surface area contributed by atoms with Crippen molar-refractivity contribution in [1.29, 1.82) is 0 Å². The first-order valence-electron chi connectivity index (χ1n) is 9.71. The van der Waals surface area contributed by atoms with Crippen LogP contribution in [0.5, 0.6) is 0 Å². The lowest BCUT2D eigenvalue weighted by Gasteiger charge is -2.25. The largest absolute Gasteiger partial charge is 0.370 e. The number of hydrogen-bond acceptors (Lipinski definition) is 4. The molecule has 0 saturated heterocycles. The number of fused-ring (bicyclic) bond motifs is 1. The monoisotopic (exact) mass is 456 g/mol. The van der Waals surface area contributed by atoms with Crippen LogP contribution in [0.25, 0.3) is 10.9 Å². The van der Waals surface area contributed by atoms with Gasteiger partial charge in [-0.25, -0.2) is 4.98 Å². The summed E-state index contributed by atoms with van der Waals surface area (Å²) in [6, 6.07) is 13.6. The second-order valence-electron chi connectivity index (χ2n) is 6.87. The number of carbonyl (C=O) groups excluding carboxylic acids is 1. The highest BCUT2D eigenvalue weighted by Gasteiger charge is 2.09. The third-order valence-electron chi connectivity index (χ3n) is 4.91. The summed E-state index contributed by atoms with van der Waals surface area (Å²) in [6.45, 7) is 6.65. The Morgan fingerprint density at radius 2 is 2.03 bits per heavy atom. The van der Waals surface area contributed by atoms with Crippen molar-refractivity contribution >= 4 is 38.4 Å². The predicted octanol–water partition coefficient (Wildman–Crippen LogP) is 3.50. The average Bonchev–Trinajstić information content (AvgIpc) is 2.72. The molecule has 6 nitrogen and oxygen atoms in total. The Balaban J connectivity index is 1.54. The smallest absolute Gasteiger partial charge is 0.261 e. The Bertz CT molecular complexity index is 1060. The van der Waals surface area contributed by atoms with Crippen molar-refractivity contribution in [1.82, 2.24) is 14.9 Å². The zero-order valence-corrected chi connectivity index (χ0v) is 18.3. The Morgan fingerprint density at radius 3 is 2.79 bits per heavy atom. The first kappa shape index (κ1) is 21.0. The van der Waals surface area contributed by atoms with Crippen molar-refractivity contribution in [3.05, 3.63) is 69.2 Å². The van der Waals surface area contributed by atoms with Crippen molar-refractivity contribution < 1.29 is 4.79 Å². The molecular weight excluding hydrogens is 432 g/mol. The fourth-order valence-corrected chi connectivity index (χ4v) is 3.66. The fraction of sp³-hybridized carbons (Fsp3) is 0.318. The summed E-state index contributed by atoms with van der Waals surface area (Å²) in [6.07, 6.45) is 1.74. The topological polar surface area (TPSA) is 67.2 Å². The minimum atomic E-state index is -0.138. The number of benzene rings is 2. The van der Waals surface area contributed by atoms with Crippen LogP contribution in [0.4, 0.5) is 5.69 Å². The molecule has 0 bridgehead atoms. The third kappa shape index (κ3) is 5.23. The summed E-state index contributed by atoms with van der Waals surface area (Å²) < 4.78 is 2.31. The Morgan fingerprint density at radius 1 is 1.24 bits per heavy atom. The van der Waals surface area contributed by atoms with E-state index in [1.54, 1.807) is 12.1 Å². The number of nitrogens with zero attached hydrogens (tertiary/aromatic N) is 3. The molecule has 0 aliphatic rings. The van der Waals surface area contributed by atoms with Gasteiger partial charge in [0.05, 0.1) is 17.2 Å². The van der Waals surface area contributed by atoms with Gasteiger partial charge in [0.1, 0.15) is 0 Å². The van der Waals surface area contributed by atoms with Gasteiger partial charge in [-0.2, -0.15) is 0 Å². The lowest BCUT2D eigenvalue weighted by atomic mass is 10.2. The number of rotatable bonds is 8. The maximum atomic E-state index is 12.6. The third-order valence-corrected chi connectivity index (χ3v) is 5.40. The molecule has 0 spiro atoms. The Hall–Kier alpha value is -2.67. The van der Waals surface area contributed by atoms with Crippen LogP contribution in [0.1, 0.15) is 18.9 Å². The molecule has 1 heterocycles. The van der Waals surface area contributed by atoms with Crippen LogP contribution in [0.15, 0.2) is 58.1 Å². The lowest BCUT2D eigenvalue weighted by Crippen LogP contribution is -2.36. The maximum Gasteiger partial charge on any atom is 0.261 e. The normalized spacial score (nSPS) is 10.9. The summed E-state index contributed by atoms with van der Waals surface area (Å²) in [5.74, 6) is -0.0768. The second-order valence-corrected chi connectivity index (χ2v) is 7.79. The number of halogens is 1. The van der Waals surface area contributed by atoms with Gasteiger partial charge in [0.15, 0.2) is 0 Å². The standard InChI is InChI=1S/C22H25BrN4O2/c1-3-26(20-7-5-4-6-16(20)2)13-11-24-21(28)10-12-27-15-25-19-9-8-17(23)14-18(19)22(27)29/h4-9,14-15H,3,10-13H2,1-2H3,(H,24,28). The summed E-state index contributed by atoms with van der Waals surface area (Å²) in [7, 11) is 0. The summed E-state index contributed by atoms with van der Waals surface area (Å²) in [4.78, 5) is 31.4. The van der Waals surface area contributed by atoms with Gasteiger partial charge in [0.2, 0.25) is 5.91 Å². The molecular formula is C22H25BrN4O2. The zero-order valence-electron chi connectivity index (χ0n) is 16.7. The van der Waals surface area contributed by atoms with E-state index < -0.39 is 0 Å². The molecule has 7 heteroatoms. The molecule has 0 unspecified atom stereocenters. The molecule has 3 aromatic rings. The summed E-state index contributed by atoms with van der Waals surface area (Å²) >= 11 is 3.38. The number of aromatic nitrogens is 2. The van der Waals surface area contributed by atoms with Crippen LogP contribution in [0.3, 0.4) is 0 Å². The highest BCUT2D eigenvalue weighted by molar-refractivity contribution is 9.10. The summed E-state index contributed by atoms with van der Waals surface area (Å²) in [5.41, 5.74) is 2.91. The van der Waals surface area contributed by atoms with Crippen LogP contribution >= 0.6 is 15.9 Å². The van der Waals surface area contributed by atoms with Crippen LogP contribution in [0.2, 0.25) is 0 Å². The zero-order chi connectivity index (χ0) is 20.8. The van der Waals surface area contributed by atoms with E-state index in [1.165, 1.54) is 22.1 Å². The molecule has 3 rings (SSSR count). The van der Waals surface area contributed by atoms with Crippen LogP contribution in [-0.4, -0.2) is 35.1 Å². The SMILES string of the molecule is CCN(CCNC(=O)CCn1cnc2ccc(Br)cc2c1=O)c1ccccc1C. The molecule has 0 radical (unpaired) electrons. The van der Waals surface area contributed by atoms with Crippen molar-refractivity contribution in [2.45, 2.75) is 26.8 Å². The van der Waals surface area contributed by atoms with Gasteiger partial charge in [0.25, 0.3) is 5.56 Å². The van der Waals surface area contributed by atoms with E-state index in [4.69, 9.17) is 0 Å². The summed E-state index contributed by atoms with van der Waals surface area (Å²) in [5, 5.41) is 3.49. The molecule has 0 fully saturated rings. The van der Waals surface area contributed by atoms with E-state index in [0.717, 1.165) is 17.6 Å². The Labute approximate surface area is 178 Å². The first-order chi connectivity index (χ1) is 14.0. The fourth-order valence-electron chi connectivity index (χ4n) is 3.30. The van der Waals surface area contributed by atoms with Crippen molar-refractivity contribution in [2.75, 3.05) is 24.5 Å². The van der Waals surface area contributed by atoms with Gasteiger partial charge in [-0.15, -0.1) is 0 Å². The second kappa shape index (κ2) is 9.69. The predicted molar refractivity (Wildman–Crippen MR) is 120 cm³/mol. The number of aryl methyl sites for hydroxylation is 2. The molecule has 2 aromatic carbocycles. The van der Waals surface area contributed by atoms with E-state index >= 15 is 0 Å². The number of para-hydroxylation sites is 1. The molecule has 0 aliphatic carbocycles. The van der Waals surface area contributed by atoms with Gasteiger partial charge in [-0.1, -0.05) is 34.1 Å². The minimum absolute atomic E-state index is 0.0768. The number of nitrogens with one attached hydrogen (secondary N) is 1. The first-order valence-corrected chi connectivity index (χ1v) is 10.5. The molecule has 0 aliphatic heterocycles. The van der Waals surface area contributed by atoms with Gasteiger partial charge in [-0.05, 0) is 43.7 Å². The molecule has 0 atom stereocenters. The van der Waals surface area contributed by atoms with E-state index in [2.05, 4.69) is 57.1 Å².